The lowest BCUT2D eigenvalue weighted by Gasteiger charge is -2.36. The number of alkyl halides is 3. The molecule has 0 radical (unpaired) electrons. The fraction of sp³-hybridized carbons (Fsp3) is 0.571. The van der Waals surface area contributed by atoms with E-state index >= 15 is 0 Å². The van der Waals surface area contributed by atoms with E-state index in [-0.39, 0.29) is 0 Å². The van der Waals surface area contributed by atoms with E-state index in [1.165, 1.54) is 4.90 Å². The highest BCUT2D eigenvalue weighted by atomic mass is 35.5. The number of rotatable bonds is 3. The molecule has 0 aromatic heterocycles. The molecule has 0 spiro atoms. The van der Waals surface area contributed by atoms with Gasteiger partial charge in [-0.2, -0.15) is 13.2 Å². The monoisotopic (exact) mass is 322 g/mol. The Morgan fingerprint density at radius 1 is 1.24 bits per heavy atom. The van der Waals surface area contributed by atoms with Gasteiger partial charge >= 0.3 is 6.18 Å². The largest absolute Gasteiger partial charge is 0.401 e. The maximum absolute atomic E-state index is 12.3. The lowest BCUT2D eigenvalue weighted by atomic mass is 10.1. The molecule has 0 bridgehead atoms. The van der Waals surface area contributed by atoms with Gasteiger partial charge in [0, 0.05) is 36.9 Å². The van der Waals surface area contributed by atoms with Gasteiger partial charge in [0.1, 0.15) is 0 Å². The van der Waals surface area contributed by atoms with Crippen molar-refractivity contribution in [3.63, 3.8) is 0 Å². The molecule has 7 heteroatoms. The summed E-state index contributed by atoms with van der Waals surface area (Å²) in [5, 5.41) is 10.0. The predicted octanol–water partition coefficient (Wildman–Crippen LogP) is 3.08. The molecule has 0 saturated carbocycles. The number of aliphatic hydroxyl groups is 1. The first-order valence-corrected chi connectivity index (χ1v) is 7.15. The molecule has 1 heterocycles. The third kappa shape index (κ3) is 4.49. The third-order valence-corrected chi connectivity index (χ3v) is 3.90. The average Bonchev–Trinajstić information content (AvgIpc) is 2.37. The summed E-state index contributed by atoms with van der Waals surface area (Å²) in [5.41, 5.74) is 1.52. The predicted molar refractivity (Wildman–Crippen MR) is 76.8 cm³/mol. The van der Waals surface area contributed by atoms with Crippen LogP contribution in [-0.2, 0) is 0 Å². The van der Waals surface area contributed by atoms with E-state index in [4.69, 9.17) is 11.6 Å². The van der Waals surface area contributed by atoms with Gasteiger partial charge in [-0.05, 0) is 24.6 Å². The zero-order valence-corrected chi connectivity index (χ0v) is 12.5. The molecule has 1 fully saturated rings. The van der Waals surface area contributed by atoms with E-state index in [1.807, 2.05) is 11.0 Å². The van der Waals surface area contributed by atoms with E-state index in [0.717, 1.165) is 5.69 Å². The lowest BCUT2D eigenvalue weighted by molar-refractivity contribution is -0.146. The Balaban J connectivity index is 1.98. The molecule has 1 unspecified atom stereocenters. The molecule has 1 aliphatic rings. The quantitative estimate of drug-likeness (QED) is 0.926. The van der Waals surface area contributed by atoms with Crippen molar-refractivity contribution in [2.75, 3.05) is 37.6 Å². The van der Waals surface area contributed by atoms with Crippen molar-refractivity contribution in [3.8, 4) is 0 Å². The summed E-state index contributed by atoms with van der Waals surface area (Å²) in [5.74, 6) is 0. The number of nitrogens with zero attached hydrogens (tertiary/aromatic N) is 2. The summed E-state index contributed by atoms with van der Waals surface area (Å²) in [7, 11) is 0. The maximum atomic E-state index is 12.3. The van der Waals surface area contributed by atoms with Crippen molar-refractivity contribution < 1.29 is 18.3 Å². The Bertz CT molecular complexity index is 486. The molecular weight excluding hydrogens is 305 g/mol. The van der Waals surface area contributed by atoms with Gasteiger partial charge in [0.25, 0.3) is 0 Å². The van der Waals surface area contributed by atoms with Crippen molar-refractivity contribution in [3.05, 3.63) is 28.8 Å². The number of hydrogen-bond donors (Lipinski definition) is 1. The number of benzene rings is 1. The number of aliphatic hydroxyl groups excluding tert-OH is 1. The fourth-order valence-electron chi connectivity index (χ4n) is 2.47. The Morgan fingerprint density at radius 3 is 2.33 bits per heavy atom. The first-order chi connectivity index (χ1) is 9.76. The number of anilines is 1. The van der Waals surface area contributed by atoms with Crippen LogP contribution in [-0.4, -0.2) is 48.9 Å². The zero-order chi connectivity index (χ0) is 15.6. The average molecular weight is 323 g/mol. The normalized spacial score (nSPS) is 18.9. The maximum Gasteiger partial charge on any atom is 0.401 e. The van der Waals surface area contributed by atoms with E-state index in [9.17, 15) is 18.3 Å². The number of piperazine rings is 1. The molecule has 0 aliphatic carbocycles. The molecule has 1 N–H and O–H groups in total. The molecule has 0 amide bonds. The van der Waals surface area contributed by atoms with Crippen LogP contribution in [0.1, 0.15) is 18.6 Å². The summed E-state index contributed by atoms with van der Waals surface area (Å²) in [6, 6.07) is 5.35. The van der Waals surface area contributed by atoms with Gasteiger partial charge in [-0.3, -0.25) is 4.90 Å². The van der Waals surface area contributed by atoms with Crippen LogP contribution in [0.25, 0.3) is 0 Å². The zero-order valence-electron chi connectivity index (χ0n) is 11.7. The Kier molecular flexibility index (Phi) is 5.01. The van der Waals surface area contributed by atoms with E-state index < -0.39 is 18.8 Å². The topological polar surface area (TPSA) is 26.7 Å². The van der Waals surface area contributed by atoms with Crippen LogP contribution in [0.4, 0.5) is 18.9 Å². The second-order valence-electron chi connectivity index (χ2n) is 5.26. The summed E-state index contributed by atoms with van der Waals surface area (Å²) < 4.78 is 37.0. The van der Waals surface area contributed by atoms with Crippen molar-refractivity contribution in [2.45, 2.75) is 19.2 Å². The van der Waals surface area contributed by atoms with Crippen LogP contribution in [0.15, 0.2) is 18.2 Å². The molecule has 1 aromatic carbocycles. The molecule has 1 aliphatic heterocycles. The smallest absolute Gasteiger partial charge is 0.389 e. The SMILES string of the molecule is CC(O)c1ccc(N2CCN(CC(F)(F)F)CC2)cc1Cl. The van der Waals surface area contributed by atoms with Crippen LogP contribution < -0.4 is 4.90 Å². The standard InChI is InChI=1S/C14H18ClF3N2O/c1-10(21)12-3-2-11(8-13(12)15)20-6-4-19(5-7-20)9-14(16,17)18/h2-3,8,10,21H,4-7,9H2,1H3. The summed E-state index contributed by atoms with van der Waals surface area (Å²) in [6.07, 6.45) is -4.79. The summed E-state index contributed by atoms with van der Waals surface area (Å²) in [4.78, 5) is 3.41. The van der Waals surface area contributed by atoms with Crippen LogP contribution >= 0.6 is 11.6 Å². The minimum atomic E-state index is -4.15. The Hall–Kier alpha value is -0.980. The van der Waals surface area contributed by atoms with Crippen LogP contribution in [0.2, 0.25) is 5.02 Å². The number of hydrogen-bond acceptors (Lipinski definition) is 3. The highest BCUT2D eigenvalue weighted by Gasteiger charge is 2.32. The number of halogens is 4. The van der Waals surface area contributed by atoms with E-state index in [1.54, 1.807) is 19.1 Å². The van der Waals surface area contributed by atoms with Gasteiger partial charge in [-0.25, -0.2) is 0 Å². The van der Waals surface area contributed by atoms with Crippen LogP contribution in [0.5, 0.6) is 0 Å². The van der Waals surface area contributed by atoms with E-state index in [2.05, 4.69) is 0 Å². The highest BCUT2D eigenvalue weighted by Crippen LogP contribution is 2.28. The first kappa shape index (κ1) is 16.4. The summed E-state index contributed by atoms with van der Waals surface area (Å²) in [6.45, 7) is 2.57. The van der Waals surface area contributed by atoms with Crippen LogP contribution in [0, 0.1) is 0 Å². The molecule has 118 valence electrons. The fourth-order valence-corrected chi connectivity index (χ4v) is 2.80. The first-order valence-electron chi connectivity index (χ1n) is 6.78. The van der Waals surface area contributed by atoms with Gasteiger partial charge in [0.2, 0.25) is 0 Å². The molecule has 1 atom stereocenters. The molecule has 3 nitrogen and oxygen atoms in total. The molecule has 1 aromatic rings. The van der Waals surface area contributed by atoms with Crippen molar-refractivity contribution in [1.82, 2.24) is 4.90 Å². The van der Waals surface area contributed by atoms with Gasteiger partial charge in [-0.15, -0.1) is 0 Å². The van der Waals surface area contributed by atoms with Gasteiger partial charge in [0.15, 0.2) is 0 Å². The Labute approximate surface area is 126 Å². The van der Waals surface area contributed by atoms with Gasteiger partial charge in [-0.1, -0.05) is 17.7 Å². The second-order valence-corrected chi connectivity index (χ2v) is 5.67. The second kappa shape index (κ2) is 6.42. The highest BCUT2D eigenvalue weighted by molar-refractivity contribution is 6.31. The molecule has 1 saturated heterocycles. The van der Waals surface area contributed by atoms with Crippen LogP contribution in [0.3, 0.4) is 0 Å². The molecule has 2 rings (SSSR count). The van der Waals surface area contributed by atoms with Crippen molar-refractivity contribution in [1.29, 1.82) is 0 Å². The van der Waals surface area contributed by atoms with Gasteiger partial charge in [0.05, 0.1) is 12.6 Å². The van der Waals surface area contributed by atoms with Gasteiger partial charge < -0.3 is 10.0 Å². The van der Waals surface area contributed by atoms with Crippen molar-refractivity contribution in [2.24, 2.45) is 0 Å². The minimum Gasteiger partial charge on any atom is -0.389 e. The minimum absolute atomic E-state index is 0.370. The van der Waals surface area contributed by atoms with E-state index in [0.29, 0.717) is 36.8 Å². The lowest BCUT2D eigenvalue weighted by Crippen LogP contribution is -2.49. The Morgan fingerprint density at radius 2 is 1.86 bits per heavy atom. The molecule has 21 heavy (non-hydrogen) atoms. The summed E-state index contributed by atoms with van der Waals surface area (Å²) >= 11 is 6.11. The third-order valence-electron chi connectivity index (χ3n) is 3.57. The molecular formula is C14H18ClF3N2O. The van der Waals surface area contributed by atoms with Crippen molar-refractivity contribution >= 4 is 17.3 Å².